The molecule has 0 spiro atoms. The Hall–Kier alpha value is -4.11. The number of aryl methyl sites for hydroxylation is 3. The molecule has 0 aliphatic carbocycles. The molecule has 38 heavy (non-hydrogen) atoms. The third-order valence-electron chi connectivity index (χ3n) is 6.72. The van der Waals surface area contributed by atoms with Crippen LogP contribution in [0.5, 0.6) is 5.75 Å². The predicted molar refractivity (Wildman–Crippen MR) is 148 cm³/mol. The minimum atomic E-state index is -3.92. The summed E-state index contributed by atoms with van der Waals surface area (Å²) in [6.45, 7) is 3.91. The van der Waals surface area contributed by atoms with Crippen LogP contribution in [-0.2, 0) is 21.9 Å². The monoisotopic (exact) mass is 531 g/mol. The van der Waals surface area contributed by atoms with Gasteiger partial charge in [-0.25, -0.2) is 8.42 Å². The number of carboxylic acid groups (broad SMARTS) is 1. The van der Waals surface area contributed by atoms with Crippen LogP contribution < -0.4 is 9.04 Å². The molecular weight excluding hydrogens is 502 g/mol. The number of fused-ring (bicyclic) bond motifs is 2. The van der Waals surface area contributed by atoms with Crippen LogP contribution in [0.2, 0.25) is 0 Å². The van der Waals surface area contributed by atoms with Gasteiger partial charge in [0, 0.05) is 18.9 Å². The Bertz CT molecular complexity index is 1670. The van der Waals surface area contributed by atoms with Crippen LogP contribution in [0.1, 0.15) is 35.2 Å². The van der Waals surface area contributed by atoms with Gasteiger partial charge in [-0.3, -0.25) is 13.8 Å². The highest BCUT2D eigenvalue weighted by molar-refractivity contribution is 7.92. The van der Waals surface area contributed by atoms with Crippen LogP contribution >= 0.6 is 0 Å². The van der Waals surface area contributed by atoms with Gasteiger partial charge < -0.3 is 9.84 Å². The van der Waals surface area contributed by atoms with E-state index in [1.54, 1.807) is 30.3 Å². The first-order valence-electron chi connectivity index (χ1n) is 12.4. The second kappa shape index (κ2) is 9.98. The van der Waals surface area contributed by atoms with E-state index in [4.69, 9.17) is 9.84 Å². The summed E-state index contributed by atoms with van der Waals surface area (Å²) in [6, 6.07) is 18.2. The lowest BCUT2D eigenvalue weighted by Gasteiger charge is -2.35. The maximum absolute atomic E-state index is 13.8. The van der Waals surface area contributed by atoms with Crippen LogP contribution in [0.15, 0.2) is 65.6 Å². The molecule has 9 heteroatoms. The summed E-state index contributed by atoms with van der Waals surface area (Å²) in [6.07, 6.45) is 3.33. The number of sulfonamides is 1. The van der Waals surface area contributed by atoms with Crippen LogP contribution in [-0.4, -0.2) is 41.9 Å². The Morgan fingerprint density at radius 2 is 1.89 bits per heavy atom. The standard InChI is InChI=1S/C29H29N3O5S/c1-19-6-4-8-23(16-19)38(35,36)32-18-22(12-15-28(33)34)37-27-14-11-21(17-26(27)32)10-13-24-29-20(2)7-5-9-25(29)31(3)30-24/h4-11,13-14,16-17,22H,12,15,18H2,1-3H3,(H,33,34)/b13-10+/t22-/m0/s1. The van der Waals surface area contributed by atoms with Gasteiger partial charge in [-0.05, 0) is 73.4 Å². The van der Waals surface area contributed by atoms with E-state index in [-0.39, 0.29) is 24.3 Å². The van der Waals surface area contributed by atoms with Gasteiger partial charge in [0.15, 0.2) is 0 Å². The molecule has 3 aromatic carbocycles. The SMILES string of the molecule is Cc1cccc(S(=O)(=O)N2C[C@H](CCC(=O)O)Oc3ccc(/C=C/c4nn(C)c5cccc(C)c45)cc32)c1. The molecule has 0 unspecified atom stereocenters. The number of rotatable bonds is 7. The van der Waals surface area contributed by atoms with Gasteiger partial charge in [0.05, 0.1) is 28.3 Å². The number of aliphatic carboxylic acids is 1. The summed E-state index contributed by atoms with van der Waals surface area (Å²) in [5.74, 6) is -0.551. The van der Waals surface area contributed by atoms with Gasteiger partial charge in [-0.2, -0.15) is 5.10 Å². The third kappa shape index (κ3) is 4.89. The van der Waals surface area contributed by atoms with Crippen LogP contribution in [0.3, 0.4) is 0 Å². The maximum atomic E-state index is 13.8. The Kier molecular flexibility index (Phi) is 6.71. The summed E-state index contributed by atoms with van der Waals surface area (Å²) < 4.78 is 36.8. The minimum Gasteiger partial charge on any atom is -0.486 e. The molecule has 5 rings (SSSR count). The molecular formula is C29H29N3O5S. The quantitative estimate of drug-likeness (QED) is 0.353. The third-order valence-corrected chi connectivity index (χ3v) is 8.50. The summed E-state index contributed by atoms with van der Waals surface area (Å²) in [4.78, 5) is 11.3. The zero-order valence-electron chi connectivity index (χ0n) is 21.5. The maximum Gasteiger partial charge on any atom is 0.303 e. The molecule has 1 aromatic heterocycles. The van der Waals surface area contributed by atoms with E-state index in [0.29, 0.717) is 11.4 Å². The van der Waals surface area contributed by atoms with Crippen LogP contribution in [0, 0.1) is 13.8 Å². The Morgan fingerprint density at radius 1 is 1.11 bits per heavy atom. The minimum absolute atomic E-state index is 0.0216. The predicted octanol–water partition coefficient (Wildman–Crippen LogP) is 5.18. The van der Waals surface area contributed by atoms with E-state index in [2.05, 4.69) is 5.10 Å². The molecule has 1 aliphatic rings. The average Bonchev–Trinajstić information content (AvgIpc) is 3.22. The number of ether oxygens (including phenoxy) is 1. The fraction of sp³-hybridized carbons (Fsp3) is 0.241. The number of carboxylic acids is 1. The molecule has 0 fully saturated rings. The first-order chi connectivity index (χ1) is 18.1. The molecule has 1 N–H and O–H groups in total. The molecule has 0 radical (unpaired) electrons. The van der Waals surface area contributed by atoms with Crippen molar-refractivity contribution < 1.29 is 23.1 Å². The van der Waals surface area contributed by atoms with Gasteiger partial charge in [-0.15, -0.1) is 0 Å². The molecule has 1 atom stereocenters. The highest BCUT2D eigenvalue weighted by Crippen LogP contribution is 2.39. The van der Waals surface area contributed by atoms with E-state index in [1.165, 1.54) is 4.31 Å². The molecule has 4 aromatic rings. The second-order valence-corrected chi connectivity index (χ2v) is 11.4. The first kappa shape index (κ1) is 25.5. The molecule has 2 heterocycles. The van der Waals surface area contributed by atoms with Crippen molar-refractivity contribution in [3.8, 4) is 5.75 Å². The lowest BCUT2D eigenvalue weighted by atomic mass is 10.1. The molecule has 0 bridgehead atoms. The summed E-state index contributed by atoms with van der Waals surface area (Å²) in [7, 11) is -2.01. The first-order valence-corrected chi connectivity index (χ1v) is 13.8. The van der Waals surface area contributed by atoms with Crippen molar-refractivity contribution >= 4 is 44.7 Å². The number of anilines is 1. The highest BCUT2D eigenvalue weighted by Gasteiger charge is 2.35. The van der Waals surface area contributed by atoms with Crippen LogP contribution in [0.4, 0.5) is 5.69 Å². The molecule has 0 amide bonds. The van der Waals surface area contributed by atoms with Gasteiger partial charge in [0.1, 0.15) is 11.9 Å². The zero-order chi connectivity index (χ0) is 27.0. The van der Waals surface area contributed by atoms with Gasteiger partial charge in [0.2, 0.25) is 0 Å². The van der Waals surface area contributed by atoms with E-state index < -0.39 is 22.1 Å². The second-order valence-electron chi connectivity index (χ2n) is 9.56. The fourth-order valence-electron chi connectivity index (χ4n) is 4.81. The van der Waals surface area contributed by atoms with E-state index in [0.717, 1.165) is 33.3 Å². The largest absolute Gasteiger partial charge is 0.486 e. The normalized spacial score (nSPS) is 15.6. The smallest absolute Gasteiger partial charge is 0.303 e. The van der Waals surface area contributed by atoms with Crippen molar-refractivity contribution in [2.45, 2.75) is 37.7 Å². The van der Waals surface area contributed by atoms with E-state index >= 15 is 0 Å². The average molecular weight is 532 g/mol. The number of nitrogens with zero attached hydrogens (tertiary/aromatic N) is 3. The van der Waals surface area contributed by atoms with Gasteiger partial charge in [-0.1, -0.05) is 36.4 Å². The lowest BCUT2D eigenvalue weighted by molar-refractivity contribution is -0.137. The number of benzene rings is 3. The molecule has 196 valence electrons. The molecule has 0 saturated heterocycles. The summed E-state index contributed by atoms with van der Waals surface area (Å²) in [5, 5.41) is 14.9. The molecule has 1 aliphatic heterocycles. The zero-order valence-corrected chi connectivity index (χ0v) is 22.3. The van der Waals surface area contributed by atoms with Gasteiger partial charge >= 0.3 is 5.97 Å². The molecule has 0 saturated carbocycles. The summed E-state index contributed by atoms with van der Waals surface area (Å²) in [5.41, 5.74) is 5.02. The van der Waals surface area contributed by atoms with E-state index in [1.807, 2.05) is 68.1 Å². The lowest BCUT2D eigenvalue weighted by Crippen LogP contribution is -2.43. The van der Waals surface area contributed by atoms with Crippen molar-refractivity contribution in [1.29, 1.82) is 0 Å². The number of aromatic nitrogens is 2. The Balaban J connectivity index is 1.54. The van der Waals surface area contributed by atoms with Crippen molar-refractivity contribution in [3.05, 3.63) is 83.0 Å². The number of hydrogen-bond donors (Lipinski definition) is 1. The number of hydrogen-bond acceptors (Lipinski definition) is 5. The van der Waals surface area contributed by atoms with Crippen molar-refractivity contribution in [2.75, 3.05) is 10.8 Å². The molecule has 8 nitrogen and oxygen atoms in total. The van der Waals surface area contributed by atoms with Gasteiger partial charge in [0.25, 0.3) is 10.0 Å². The van der Waals surface area contributed by atoms with Crippen molar-refractivity contribution in [2.24, 2.45) is 7.05 Å². The van der Waals surface area contributed by atoms with Crippen molar-refractivity contribution in [1.82, 2.24) is 9.78 Å². The van der Waals surface area contributed by atoms with E-state index in [9.17, 15) is 13.2 Å². The topological polar surface area (TPSA) is 102 Å². The Labute approximate surface area is 221 Å². The summed E-state index contributed by atoms with van der Waals surface area (Å²) >= 11 is 0. The Morgan fingerprint density at radius 3 is 2.66 bits per heavy atom. The highest BCUT2D eigenvalue weighted by atomic mass is 32.2. The van der Waals surface area contributed by atoms with Crippen LogP contribution in [0.25, 0.3) is 23.1 Å². The van der Waals surface area contributed by atoms with Crippen molar-refractivity contribution in [3.63, 3.8) is 0 Å². The number of carbonyl (C=O) groups is 1. The fourth-order valence-corrected chi connectivity index (χ4v) is 6.41.